The number of esters is 1. The van der Waals surface area contributed by atoms with Crippen LogP contribution in [0.25, 0.3) is 0 Å². The van der Waals surface area contributed by atoms with Gasteiger partial charge in [0.15, 0.2) is 0 Å². The third kappa shape index (κ3) is 1.84. The molecule has 0 aromatic carbocycles. The second-order valence-electron chi connectivity index (χ2n) is 2.87. The van der Waals surface area contributed by atoms with E-state index in [9.17, 15) is 9.90 Å². The van der Waals surface area contributed by atoms with E-state index in [1.807, 2.05) is 0 Å². The van der Waals surface area contributed by atoms with E-state index in [1.54, 1.807) is 6.08 Å². The van der Waals surface area contributed by atoms with E-state index >= 15 is 0 Å². The predicted octanol–water partition coefficient (Wildman–Crippen LogP) is -0.432. The second-order valence-corrected chi connectivity index (χ2v) is 2.87. The maximum absolute atomic E-state index is 11.0. The van der Waals surface area contributed by atoms with E-state index < -0.39 is 12.1 Å². The van der Waals surface area contributed by atoms with Gasteiger partial charge < -0.3 is 15.6 Å². The summed E-state index contributed by atoms with van der Waals surface area (Å²) in [6.45, 7) is 0. The number of ether oxygens (including phenoxy) is 1. The average Bonchev–Trinajstić information content (AvgIpc) is 2.08. The summed E-state index contributed by atoms with van der Waals surface area (Å²) in [5.74, 6) is -0.350. The van der Waals surface area contributed by atoms with Crippen LogP contribution >= 0.6 is 0 Å². The third-order valence-corrected chi connectivity index (χ3v) is 1.99. The van der Waals surface area contributed by atoms with Gasteiger partial charge in [-0.1, -0.05) is 6.08 Å². The Labute approximate surface area is 71.0 Å². The highest BCUT2D eigenvalue weighted by Crippen LogP contribution is 2.18. The molecule has 12 heavy (non-hydrogen) atoms. The minimum absolute atomic E-state index is 0.350. The fraction of sp³-hybridized carbons (Fsp3) is 0.625. The number of aliphatic hydroxyl groups is 1. The molecule has 3 N–H and O–H groups in total. The van der Waals surface area contributed by atoms with Gasteiger partial charge in [0, 0.05) is 11.6 Å². The van der Waals surface area contributed by atoms with E-state index in [-0.39, 0.29) is 5.97 Å². The van der Waals surface area contributed by atoms with E-state index in [4.69, 9.17) is 5.73 Å². The molecule has 0 saturated carbocycles. The molecule has 0 spiro atoms. The van der Waals surface area contributed by atoms with Crippen molar-refractivity contribution in [1.82, 2.24) is 0 Å². The molecule has 0 fully saturated rings. The molecule has 0 aromatic rings. The van der Waals surface area contributed by atoms with Crippen LogP contribution in [0, 0.1) is 0 Å². The van der Waals surface area contributed by atoms with Gasteiger partial charge >= 0.3 is 5.97 Å². The number of methoxy groups -OCH3 is 1. The van der Waals surface area contributed by atoms with Gasteiger partial charge in [0.1, 0.15) is 0 Å². The lowest BCUT2D eigenvalue weighted by Crippen LogP contribution is -2.36. The van der Waals surface area contributed by atoms with Crippen LogP contribution in [-0.2, 0) is 9.53 Å². The Morgan fingerprint density at radius 1 is 1.83 bits per heavy atom. The van der Waals surface area contributed by atoms with Crippen molar-refractivity contribution < 1.29 is 14.6 Å². The molecule has 0 aliphatic heterocycles. The molecule has 4 heteroatoms. The van der Waals surface area contributed by atoms with Gasteiger partial charge in [-0.05, 0) is 12.8 Å². The molecule has 0 radical (unpaired) electrons. The van der Waals surface area contributed by atoms with Crippen molar-refractivity contribution in [3.05, 3.63) is 11.6 Å². The Bertz CT molecular complexity index is 212. The summed E-state index contributed by atoms with van der Waals surface area (Å²) >= 11 is 0. The zero-order chi connectivity index (χ0) is 9.14. The topological polar surface area (TPSA) is 72.5 Å². The van der Waals surface area contributed by atoms with Crippen LogP contribution in [-0.4, -0.2) is 30.3 Å². The molecule has 0 heterocycles. The zero-order valence-electron chi connectivity index (χ0n) is 6.99. The molecule has 68 valence electrons. The summed E-state index contributed by atoms with van der Waals surface area (Å²) in [4.78, 5) is 11.0. The summed E-state index contributed by atoms with van der Waals surface area (Å²) in [6.07, 6.45) is 2.11. The molecular weight excluding hydrogens is 158 g/mol. The van der Waals surface area contributed by atoms with Gasteiger partial charge in [-0.15, -0.1) is 0 Å². The summed E-state index contributed by atoms with van der Waals surface area (Å²) in [7, 11) is 1.33. The van der Waals surface area contributed by atoms with E-state index in [0.717, 1.165) is 0 Å². The van der Waals surface area contributed by atoms with Crippen molar-refractivity contribution in [2.24, 2.45) is 5.73 Å². The number of nitrogens with two attached hydrogens (primary N) is 1. The molecule has 1 aliphatic rings. The highest BCUT2D eigenvalue weighted by atomic mass is 16.5. The number of rotatable bonds is 1. The van der Waals surface area contributed by atoms with Crippen molar-refractivity contribution in [3.8, 4) is 0 Å². The number of hydrogen-bond donors (Lipinski definition) is 2. The molecule has 1 aliphatic carbocycles. The maximum Gasteiger partial charge on any atom is 0.333 e. The Kier molecular flexibility index (Phi) is 2.83. The smallest absolute Gasteiger partial charge is 0.333 e. The van der Waals surface area contributed by atoms with Crippen LogP contribution in [0.1, 0.15) is 12.8 Å². The molecular formula is C8H13NO3. The van der Waals surface area contributed by atoms with Gasteiger partial charge in [0.2, 0.25) is 0 Å². The van der Waals surface area contributed by atoms with Gasteiger partial charge in [0.05, 0.1) is 13.2 Å². The van der Waals surface area contributed by atoms with Crippen molar-refractivity contribution in [2.45, 2.75) is 25.0 Å². The molecule has 2 atom stereocenters. The summed E-state index contributed by atoms with van der Waals surface area (Å²) < 4.78 is 4.53. The normalized spacial score (nSPS) is 29.4. The first kappa shape index (κ1) is 9.22. The van der Waals surface area contributed by atoms with Crippen LogP contribution in [0.2, 0.25) is 0 Å². The molecule has 4 nitrogen and oxygen atoms in total. The van der Waals surface area contributed by atoms with Crippen LogP contribution in [0.3, 0.4) is 0 Å². The first-order chi connectivity index (χ1) is 5.65. The van der Waals surface area contributed by atoms with Crippen molar-refractivity contribution in [2.75, 3.05) is 7.11 Å². The number of hydrogen-bond acceptors (Lipinski definition) is 4. The summed E-state index contributed by atoms with van der Waals surface area (Å²) in [6, 6.07) is -0.437. The fourth-order valence-electron chi connectivity index (χ4n) is 1.22. The van der Waals surface area contributed by atoms with Crippen LogP contribution in [0.4, 0.5) is 0 Å². The molecule has 1 rings (SSSR count). The lowest BCUT2D eigenvalue weighted by atomic mass is 9.94. The minimum Gasteiger partial charge on any atom is -0.466 e. The highest BCUT2D eigenvalue weighted by Gasteiger charge is 2.22. The summed E-state index contributed by atoms with van der Waals surface area (Å²) in [5, 5.41) is 9.23. The van der Waals surface area contributed by atoms with Crippen LogP contribution < -0.4 is 5.73 Å². The lowest BCUT2D eigenvalue weighted by molar-refractivity contribution is -0.136. The monoisotopic (exact) mass is 171 g/mol. The van der Waals surface area contributed by atoms with Crippen molar-refractivity contribution >= 4 is 5.97 Å². The minimum atomic E-state index is -0.529. The molecule has 0 amide bonds. The van der Waals surface area contributed by atoms with Crippen LogP contribution in [0.15, 0.2) is 11.6 Å². The van der Waals surface area contributed by atoms with Crippen molar-refractivity contribution in [3.63, 3.8) is 0 Å². The van der Waals surface area contributed by atoms with E-state index in [0.29, 0.717) is 18.4 Å². The Morgan fingerprint density at radius 2 is 2.50 bits per heavy atom. The SMILES string of the molecule is COC(=O)C1=CC(N)[C@@H](O)CC1. The summed E-state index contributed by atoms with van der Waals surface area (Å²) in [5.41, 5.74) is 6.09. The quantitative estimate of drug-likeness (QED) is 0.525. The van der Waals surface area contributed by atoms with Crippen molar-refractivity contribution in [1.29, 1.82) is 0 Å². The van der Waals surface area contributed by atoms with E-state index in [2.05, 4.69) is 4.74 Å². The lowest BCUT2D eigenvalue weighted by Gasteiger charge is -2.21. The molecule has 0 aromatic heterocycles. The largest absolute Gasteiger partial charge is 0.466 e. The molecule has 1 unspecified atom stereocenters. The maximum atomic E-state index is 11.0. The molecule has 0 bridgehead atoms. The standard InChI is InChI=1S/C8H13NO3/c1-12-8(11)5-2-3-7(10)6(9)4-5/h4,6-7,10H,2-3,9H2,1H3/t6?,7-/m0/s1. The van der Waals surface area contributed by atoms with Gasteiger partial charge in [0.25, 0.3) is 0 Å². The Morgan fingerprint density at radius 3 is 3.00 bits per heavy atom. The third-order valence-electron chi connectivity index (χ3n) is 1.99. The average molecular weight is 171 g/mol. The fourth-order valence-corrected chi connectivity index (χ4v) is 1.22. The number of carbonyl (C=O) groups is 1. The van der Waals surface area contributed by atoms with Gasteiger partial charge in [-0.3, -0.25) is 0 Å². The van der Waals surface area contributed by atoms with Gasteiger partial charge in [-0.2, -0.15) is 0 Å². The highest BCUT2D eigenvalue weighted by molar-refractivity contribution is 5.88. The first-order valence-electron chi connectivity index (χ1n) is 3.88. The molecule has 0 saturated heterocycles. The van der Waals surface area contributed by atoms with E-state index in [1.165, 1.54) is 7.11 Å². The Balaban J connectivity index is 2.68. The zero-order valence-corrected chi connectivity index (χ0v) is 6.99. The first-order valence-corrected chi connectivity index (χ1v) is 3.88. The van der Waals surface area contributed by atoms with Crippen LogP contribution in [0.5, 0.6) is 0 Å². The number of carbonyl (C=O) groups excluding carboxylic acids is 1. The van der Waals surface area contributed by atoms with Gasteiger partial charge in [-0.25, -0.2) is 4.79 Å². The number of aliphatic hydroxyl groups excluding tert-OH is 1. The Hall–Kier alpha value is -0.870. The second kappa shape index (κ2) is 3.69. The predicted molar refractivity (Wildman–Crippen MR) is 43.3 cm³/mol.